The van der Waals surface area contributed by atoms with Gasteiger partial charge in [0.05, 0.1) is 17.5 Å². The first-order valence-corrected chi connectivity index (χ1v) is 13.6. The first kappa shape index (κ1) is 24.2. The Morgan fingerprint density at radius 1 is 1.16 bits per heavy atom. The van der Waals surface area contributed by atoms with E-state index in [1.165, 1.54) is 6.42 Å². The number of carbonyl (C=O) groups is 1. The number of ether oxygens (including phenoxy) is 2. The van der Waals surface area contributed by atoms with Gasteiger partial charge in [-0.2, -0.15) is 0 Å². The van der Waals surface area contributed by atoms with Crippen LogP contribution in [0.25, 0.3) is 22.2 Å². The summed E-state index contributed by atoms with van der Waals surface area (Å²) in [6.07, 6.45) is 11.2. The molecule has 1 aromatic carbocycles. The van der Waals surface area contributed by atoms with Gasteiger partial charge in [-0.1, -0.05) is 12.1 Å². The number of carbonyl (C=O) groups excluding carboxylic acids is 1. The van der Waals surface area contributed by atoms with Crippen molar-refractivity contribution in [2.24, 2.45) is 11.7 Å². The van der Waals surface area contributed by atoms with Crippen LogP contribution < -0.4 is 16.2 Å². The van der Waals surface area contributed by atoms with Gasteiger partial charge in [-0.05, 0) is 75.1 Å². The minimum Gasteiger partial charge on any atom is -0.491 e. The lowest BCUT2D eigenvalue weighted by Gasteiger charge is -2.39. The highest BCUT2D eigenvalue weighted by Crippen LogP contribution is 2.44. The Labute approximate surface area is 217 Å². The smallest absolute Gasteiger partial charge is 0.234 e. The minimum atomic E-state index is -0.195. The number of nitrogens with zero attached hydrogens (tertiary/aromatic N) is 4. The van der Waals surface area contributed by atoms with Crippen molar-refractivity contribution >= 4 is 22.8 Å². The Bertz CT molecular complexity index is 1260. The third-order valence-electron chi connectivity index (χ3n) is 8.28. The Balaban J connectivity index is 1.20. The van der Waals surface area contributed by atoms with Crippen LogP contribution in [0.1, 0.15) is 51.0 Å². The van der Waals surface area contributed by atoms with E-state index in [1.807, 2.05) is 12.1 Å². The molecule has 3 aliphatic rings. The molecule has 9 nitrogen and oxygen atoms in total. The summed E-state index contributed by atoms with van der Waals surface area (Å²) < 4.78 is 14.2. The van der Waals surface area contributed by atoms with Crippen molar-refractivity contribution in [3.63, 3.8) is 0 Å². The van der Waals surface area contributed by atoms with Crippen molar-refractivity contribution in [2.75, 3.05) is 32.0 Å². The van der Waals surface area contributed by atoms with Gasteiger partial charge in [0, 0.05) is 31.0 Å². The molecule has 4 heterocycles. The van der Waals surface area contributed by atoms with Crippen molar-refractivity contribution in [3.05, 3.63) is 36.8 Å². The fourth-order valence-electron chi connectivity index (χ4n) is 6.26. The van der Waals surface area contributed by atoms with Crippen LogP contribution in [0.5, 0.6) is 5.75 Å². The number of aromatic nitrogens is 3. The molecular weight excluding hydrogens is 468 g/mol. The number of rotatable bonds is 8. The molecule has 6 rings (SSSR count). The molecule has 1 saturated carbocycles. The number of primary amides is 1. The van der Waals surface area contributed by atoms with Crippen LogP contribution in [0.15, 0.2) is 36.8 Å². The number of hydrogen-bond acceptors (Lipinski definition) is 7. The summed E-state index contributed by atoms with van der Waals surface area (Å²) in [5.41, 5.74) is 14.9. The van der Waals surface area contributed by atoms with Crippen molar-refractivity contribution < 1.29 is 14.3 Å². The Morgan fingerprint density at radius 2 is 2.05 bits per heavy atom. The predicted octanol–water partition coefficient (Wildman–Crippen LogP) is 3.53. The quantitative estimate of drug-likeness (QED) is 0.481. The normalized spacial score (nSPS) is 26.3. The van der Waals surface area contributed by atoms with Crippen LogP contribution in [0, 0.1) is 5.92 Å². The SMILES string of the molecule is NC(=O)[C@@H]1CCCN1C[C@H]1C[C@H](n2cc(-c3cccc(OCC4CCCCO4)c3)c3c(N)ncnc32)C1. The third-order valence-corrected chi connectivity index (χ3v) is 8.28. The van der Waals surface area contributed by atoms with Gasteiger partial charge in [0.15, 0.2) is 0 Å². The maximum Gasteiger partial charge on any atom is 0.234 e. The number of fused-ring (bicyclic) bond motifs is 1. The topological polar surface area (TPSA) is 122 Å². The highest BCUT2D eigenvalue weighted by molar-refractivity contribution is 6.00. The van der Waals surface area contributed by atoms with Gasteiger partial charge >= 0.3 is 0 Å². The number of nitrogens with two attached hydrogens (primary N) is 2. The van der Waals surface area contributed by atoms with Gasteiger partial charge < -0.3 is 25.5 Å². The summed E-state index contributed by atoms with van der Waals surface area (Å²) in [5, 5.41) is 0.882. The predicted molar refractivity (Wildman–Crippen MR) is 142 cm³/mol. The van der Waals surface area contributed by atoms with Crippen LogP contribution in [0.4, 0.5) is 5.82 Å². The van der Waals surface area contributed by atoms with E-state index in [9.17, 15) is 4.79 Å². The zero-order valence-corrected chi connectivity index (χ0v) is 21.2. The van der Waals surface area contributed by atoms with E-state index in [4.69, 9.17) is 20.9 Å². The molecule has 3 aromatic rings. The lowest BCUT2D eigenvalue weighted by molar-refractivity contribution is -0.122. The molecule has 2 aromatic heterocycles. The van der Waals surface area contributed by atoms with E-state index in [0.29, 0.717) is 24.4 Å². The molecule has 3 fully saturated rings. The van der Waals surface area contributed by atoms with Gasteiger partial charge in [0.1, 0.15) is 30.1 Å². The molecule has 9 heteroatoms. The zero-order chi connectivity index (χ0) is 25.4. The molecule has 0 bridgehead atoms. The van der Waals surface area contributed by atoms with Crippen LogP contribution in [0.3, 0.4) is 0 Å². The van der Waals surface area contributed by atoms with Gasteiger partial charge in [-0.3, -0.25) is 9.69 Å². The van der Waals surface area contributed by atoms with E-state index in [-0.39, 0.29) is 18.1 Å². The van der Waals surface area contributed by atoms with Crippen LogP contribution >= 0.6 is 0 Å². The highest BCUT2D eigenvalue weighted by atomic mass is 16.5. The monoisotopic (exact) mass is 504 g/mol. The molecule has 2 atom stereocenters. The zero-order valence-electron chi connectivity index (χ0n) is 21.2. The number of nitrogen functional groups attached to an aromatic ring is 1. The molecule has 1 aliphatic carbocycles. The number of likely N-dealkylation sites (tertiary alicyclic amines) is 1. The molecule has 4 N–H and O–H groups in total. The van der Waals surface area contributed by atoms with E-state index in [0.717, 1.165) is 86.1 Å². The van der Waals surface area contributed by atoms with Gasteiger partial charge in [0.25, 0.3) is 0 Å². The highest BCUT2D eigenvalue weighted by Gasteiger charge is 2.37. The van der Waals surface area contributed by atoms with Crippen LogP contribution in [0.2, 0.25) is 0 Å². The Hall–Kier alpha value is -3.17. The number of anilines is 1. The number of hydrogen-bond donors (Lipinski definition) is 2. The largest absolute Gasteiger partial charge is 0.491 e. The second-order valence-corrected chi connectivity index (χ2v) is 10.8. The standard InChI is InChI=1S/C28H36N6O3/c29-26-25-23(19-5-3-7-21(13-19)37-16-22-6-1-2-10-36-22)15-34(28(25)32-17-31-26)20-11-18(12-20)14-33-9-4-8-24(33)27(30)35/h3,5,7,13,15,17-18,20,22,24H,1-2,4,6,8-12,14,16H2,(H2,30,35)(H2,29,31,32)/t18-,20-,22?,24-/m0/s1. The minimum absolute atomic E-state index is 0.107. The van der Waals surface area contributed by atoms with Gasteiger partial charge in [-0.15, -0.1) is 0 Å². The fourth-order valence-corrected chi connectivity index (χ4v) is 6.26. The van der Waals surface area contributed by atoms with Crippen molar-refractivity contribution in [1.82, 2.24) is 19.4 Å². The fraction of sp³-hybridized carbons (Fsp3) is 0.536. The lowest BCUT2D eigenvalue weighted by Crippen LogP contribution is -2.44. The second kappa shape index (κ2) is 10.3. The first-order valence-electron chi connectivity index (χ1n) is 13.6. The lowest BCUT2D eigenvalue weighted by atomic mass is 9.79. The summed E-state index contributed by atoms with van der Waals surface area (Å²) in [6.45, 7) is 3.27. The maximum atomic E-state index is 11.8. The van der Waals surface area contributed by atoms with Crippen molar-refractivity contribution in [3.8, 4) is 16.9 Å². The average Bonchev–Trinajstić information content (AvgIpc) is 3.51. The third kappa shape index (κ3) is 4.90. The molecule has 1 unspecified atom stereocenters. The summed E-state index contributed by atoms with van der Waals surface area (Å²) in [7, 11) is 0. The molecule has 0 spiro atoms. The maximum absolute atomic E-state index is 11.8. The van der Waals surface area contributed by atoms with Crippen LogP contribution in [-0.4, -0.2) is 63.8 Å². The van der Waals surface area contributed by atoms with Crippen LogP contribution in [-0.2, 0) is 9.53 Å². The summed E-state index contributed by atoms with van der Waals surface area (Å²) in [5.74, 6) is 1.65. The van der Waals surface area contributed by atoms with Gasteiger partial charge in [-0.25, -0.2) is 9.97 Å². The average molecular weight is 505 g/mol. The molecule has 2 saturated heterocycles. The summed E-state index contributed by atoms with van der Waals surface area (Å²) >= 11 is 0. The Morgan fingerprint density at radius 3 is 2.86 bits per heavy atom. The van der Waals surface area contributed by atoms with Crippen molar-refractivity contribution in [1.29, 1.82) is 0 Å². The van der Waals surface area contributed by atoms with Gasteiger partial charge in [0.2, 0.25) is 5.91 Å². The Kier molecular flexibility index (Phi) is 6.73. The van der Waals surface area contributed by atoms with E-state index in [1.54, 1.807) is 6.33 Å². The molecule has 2 aliphatic heterocycles. The van der Waals surface area contributed by atoms with Crippen molar-refractivity contribution in [2.45, 2.75) is 63.1 Å². The number of amides is 1. The molecule has 196 valence electrons. The van der Waals surface area contributed by atoms with E-state index in [2.05, 4.69) is 37.8 Å². The molecule has 1 amide bonds. The summed E-state index contributed by atoms with van der Waals surface area (Å²) in [6, 6.07) is 8.38. The second-order valence-electron chi connectivity index (χ2n) is 10.8. The molecule has 37 heavy (non-hydrogen) atoms. The van der Waals surface area contributed by atoms with E-state index < -0.39 is 0 Å². The summed E-state index contributed by atoms with van der Waals surface area (Å²) in [4.78, 5) is 23.0. The first-order chi connectivity index (χ1) is 18.1. The van der Waals surface area contributed by atoms with E-state index >= 15 is 0 Å². The molecular formula is C28H36N6O3. The molecule has 0 radical (unpaired) electrons. The number of benzene rings is 1.